The molecule has 0 aliphatic rings. The highest BCUT2D eigenvalue weighted by Crippen LogP contribution is 2.33. The van der Waals surface area contributed by atoms with Crippen LogP contribution in [0, 0.1) is 0 Å². The fourth-order valence-electron chi connectivity index (χ4n) is 1.73. The van der Waals surface area contributed by atoms with Gasteiger partial charge in [0.05, 0.1) is 5.56 Å². The Bertz CT molecular complexity index is 532. The quantitative estimate of drug-likeness (QED) is 0.665. The monoisotopic (exact) mass is 270 g/mol. The molecule has 0 bridgehead atoms. The largest absolute Gasteiger partial charge is 0.416 e. The molecule has 2 aromatic carbocycles. The molecule has 0 nitrogen and oxygen atoms in total. The normalized spacial score (nSPS) is 11.6. The van der Waals surface area contributed by atoms with Gasteiger partial charge in [0, 0.05) is 5.88 Å². The van der Waals surface area contributed by atoms with E-state index in [1.165, 1.54) is 0 Å². The highest BCUT2D eigenvalue weighted by atomic mass is 35.5. The Kier molecular flexibility index (Phi) is 3.62. The van der Waals surface area contributed by atoms with E-state index >= 15 is 0 Å². The fraction of sp³-hybridized carbons (Fsp3) is 0.143. The number of halogens is 4. The third-order valence-electron chi connectivity index (χ3n) is 2.58. The maximum atomic E-state index is 12.8. The van der Waals surface area contributed by atoms with Gasteiger partial charge in [-0.15, -0.1) is 11.6 Å². The lowest BCUT2D eigenvalue weighted by Gasteiger charge is -2.11. The van der Waals surface area contributed by atoms with Crippen LogP contribution in [0.2, 0.25) is 0 Å². The van der Waals surface area contributed by atoms with Crippen molar-refractivity contribution in [2.45, 2.75) is 12.1 Å². The summed E-state index contributed by atoms with van der Waals surface area (Å²) >= 11 is 5.64. The molecule has 2 rings (SSSR count). The molecule has 4 heteroatoms. The molecule has 0 spiro atoms. The van der Waals surface area contributed by atoms with Crippen molar-refractivity contribution in [2.75, 3.05) is 0 Å². The summed E-state index contributed by atoms with van der Waals surface area (Å²) in [5.41, 5.74) is 1.07. The Labute approximate surface area is 108 Å². The van der Waals surface area contributed by atoms with Crippen LogP contribution in [0.3, 0.4) is 0 Å². The molecule has 0 N–H and O–H groups in total. The molecule has 0 amide bonds. The zero-order valence-corrected chi connectivity index (χ0v) is 10.1. The first-order valence-electron chi connectivity index (χ1n) is 5.33. The summed E-state index contributed by atoms with van der Waals surface area (Å²) in [6, 6.07) is 12.8. The van der Waals surface area contributed by atoms with Gasteiger partial charge >= 0.3 is 6.18 Å². The first-order valence-corrected chi connectivity index (χ1v) is 5.87. The summed E-state index contributed by atoms with van der Waals surface area (Å²) in [5.74, 6) is 0.0593. The van der Waals surface area contributed by atoms with Crippen molar-refractivity contribution < 1.29 is 13.2 Å². The lowest BCUT2D eigenvalue weighted by atomic mass is 10.00. The minimum atomic E-state index is -4.36. The van der Waals surface area contributed by atoms with Gasteiger partial charge in [-0.1, -0.05) is 30.3 Å². The maximum absolute atomic E-state index is 12.8. The van der Waals surface area contributed by atoms with E-state index in [-0.39, 0.29) is 5.88 Å². The van der Waals surface area contributed by atoms with Gasteiger partial charge in [-0.05, 0) is 34.9 Å². The molecule has 0 heterocycles. The second kappa shape index (κ2) is 5.02. The molecule has 0 aliphatic carbocycles. The molecule has 0 aromatic heterocycles. The van der Waals surface area contributed by atoms with Crippen molar-refractivity contribution >= 4 is 11.6 Å². The first-order chi connectivity index (χ1) is 8.50. The van der Waals surface area contributed by atoms with Crippen LogP contribution in [-0.4, -0.2) is 0 Å². The molecule has 0 aliphatic heterocycles. The zero-order valence-electron chi connectivity index (χ0n) is 9.34. The summed E-state index contributed by atoms with van der Waals surface area (Å²) in [4.78, 5) is 0. The third kappa shape index (κ3) is 2.85. The summed E-state index contributed by atoms with van der Waals surface area (Å²) in [7, 11) is 0. The second-order valence-corrected chi connectivity index (χ2v) is 4.18. The molecule has 0 saturated carbocycles. The molecule has 0 radical (unpaired) electrons. The lowest BCUT2D eigenvalue weighted by Crippen LogP contribution is -2.05. The predicted molar refractivity (Wildman–Crippen MR) is 66.4 cm³/mol. The van der Waals surface area contributed by atoms with Crippen molar-refractivity contribution in [2.24, 2.45) is 0 Å². The van der Waals surface area contributed by atoms with Crippen LogP contribution < -0.4 is 0 Å². The van der Waals surface area contributed by atoms with Crippen molar-refractivity contribution in [1.29, 1.82) is 0 Å². The molecular weight excluding hydrogens is 261 g/mol. The van der Waals surface area contributed by atoms with E-state index in [0.717, 1.165) is 17.7 Å². The van der Waals surface area contributed by atoms with Crippen LogP contribution in [0.4, 0.5) is 13.2 Å². The Hall–Kier alpha value is -1.48. The van der Waals surface area contributed by atoms with Gasteiger partial charge in [0.2, 0.25) is 0 Å². The average molecular weight is 271 g/mol. The fourth-order valence-corrected chi connectivity index (χ4v) is 1.88. The number of hydrogen-bond acceptors (Lipinski definition) is 0. The predicted octanol–water partition coefficient (Wildman–Crippen LogP) is 5.11. The van der Waals surface area contributed by atoms with Crippen LogP contribution in [-0.2, 0) is 12.1 Å². The number of benzene rings is 2. The standard InChI is InChI=1S/C14H10ClF3/c15-9-10-6-12(11-4-2-1-3-5-11)8-13(7-10)14(16,17)18/h1-8H,9H2. The van der Waals surface area contributed by atoms with Gasteiger partial charge in [0.25, 0.3) is 0 Å². The lowest BCUT2D eigenvalue weighted by molar-refractivity contribution is -0.137. The Morgan fingerprint density at radius 3 is 2.11 bits per heavy atom. The van der Waals surface area contributed by atoms with Crippen LogP contribution in [0.1, 0.15) is 11.1 Å². The Morgan fingerprint density at radius 2 is 1.56 bits per heavy atom. The van der Waals surface area contributed by atoms with E-state index in [0.29, 0.717) is 11.1 Å². The summed E-state index contributed by atoms with van der Waals surface area (Å²) in [6.07, 6.45) is -4.36. The van der Waals surface area contributed by atoms with Gasteiger partial charge in [0.1, 0.15) is 0 Å². The number of alkyl halides is 4. The van der Waals surface area contributed by atoms with Crippen LogP contribution in [0.15, 0.2) is 48.5 Å². The molecule has 18 heavy (non-hydrogen) atoms. The minimum absolute atomic E-state index is 0.0593. The van der Waals surface area contributed by atoms with Gasteiger partial charge in [-0.3, -0.25) is 0 Å². The van der Waals surface area contributed by atoms with Gasteiger partial charge in [-0.2, -0.15) is 13.2 Å². The number of rotatable bonds is 2. The van der Waals surface area contributed by atoms with E-state index in [4.69, 9.17) is 11.6 Å². The smallest absolute Gasteiger partial charge is 0.166 e. The maximum Gasteiger partial charge on any atom is 0.416 e. The Balaban J connectivity index is 2.55. The minimum Gasteiger partial charge on any atom is -0.166 e. The second-order valence-electron chi connectivity index (χ2n) is 3.92. The molecule has 0 fully saturated rings. The molecule has 2 aromatic rings. The van der Waals surface area contributed by atoms with E-state index in [1.54, 1.807) is 30.3 Å². The first kappa shape index (κ1) is 13.0. The Morgan fingerprint density at radius 1 is 0.889 bits per heavy atom. The molecule has 0 saturated heterocycles. The summed E-state index contributed by atoms with van der Waals surface area (Å²) < 4.78 is 38.3. The van der Waals surface area contributed by atoms with Crippen molar-refractivity contribution in [3.8, 4) is 11.1 Å². The van der Waals surface area contributed by atoms with Gasteiger partial charge in [-0.25, -0.2) is 0 Å². The summed E-state index contributed by atoms with van der Waals surface area (Å²) in [5, 5.41) is 0. The van der Waals surface area contributed by atoms with Crippen LogP contribution in [0.5, 0.6) is 0 Å². The van der Waals surface area contributed by atoms with Gasteiger partial charge in [0.15, 0.2) is 0 Å². The highest BCUT2D eigenvalue weighted by Gasteiger charge is 2.31. The van der Waals surface area contributed by atoms with Gasteiger partial charge < -0.3 is 0 Å². The SMILES string of the molecule is FC(F)(F)c1cc(CCl)cc(-c2ccccc2)c1. The topological polar surface area (TPSA) is 0 Å². The van der Waals surface area contributed by atoms with E-state index in [1.807, 2.05) is 6.07 Å². The van der Waals surface area contributed by atoms with E-state index in [9.17, 15) is 13.2 Å². The van der Waals surface area contributed by atoms with Crippen molar-refractivity contribution in [1.82, 2.24) is 0 Å². The molecule has 0 atom stereocenters. The van der Waals surface area contributed by atoms with E-state index in [2.05, 4.69) is 0 Å². The molecular formula is C14H10ClF3. The summed E-state index contributed by atoms with van der Waals surface area (Å²) in [6.45, 7) is 0. The van der Waals surface area contributed by atoms with Crippen molar-refractivity contribution in [3.05, 3.63) is 59.7 Å². The molecule has 0 unspecified atom stereocenters. The zero-order chi connectivity index (χ0) is 13.2. The number of hydrogen-bond donors (Lipinski definition) is 0. The average Bonchev–Trinajstić information content (AvgIpc) is 2.38. The molecule has 94 valence electrons. The highest BCUT2D eigenvalue weighted by molar-refractivity contribution is 6.17. The van der Waals surface area contributed by atoms with Crippen LogP contribution >= 0.6 is 11.6 Å². The van der Waals surface area contributed by atoms with Crippen LogP contribution in [0.25, 0.3) is 11.1 Å². The van der Waals surface area contributed by atoms with Crippen molar-refractivity contribution in [3.63, 3.8) is 0 Å². The third-order valence-corrected chi connectivity index (χ3v) is 2.89. The van der Waals surface area contributed by atoms with E-state index < -0.39 is 11.7 Å².